The molecule has 3 N–H and O–H groups in total. The van der Waals surface area contributed by atoms with Crippen molar-refractivity contribution in [1.82, 2.24) is 4.98 Å². The molecule has 1 aromatic rings. The first kappa shape index (κ1) is 8.50. The van der Waals surface area contributed by atoms with Crippen molar-refractivity contribution in [3.8, 4) is 6.07 Å². The third-order valence-electron chi connectivity index (χ3n) is 1.56. The molecule has 0 saturated heterocycles. The molecule has 1 aromatic heterocycles. The number of pyridine rings is 1. The number of aromatic nitrogens is 1. The number of H-pyrrole nitrogens is 1. The van der Waals surface area contributed by atoms with Crippen LogP contribution in [0.4, 0.5) is 0 Å². The number of nitriles is 1. The van der Waals surface area contributed by atoms with E-state index in [2.05, 4.69) is 4.98 Å². The highest BCUT2D eigenvalue weighted by atomic mass is 16.1. The molecule has 62 valence electrons. The Morgan fingerprint density at radius 1 is 1.75 bits per heavy atom. The largest absolute Gasteiger partial charge is 0.329 e. The Labute approximate surface area is 69.6 Å². The van der Waals surface area contributed by atoms with Gasteiger partial charge in [-0.05, 0) is 6.07 Å². The molecule has 0 spiro atoms. The van der Waals surface area contributed by atoms with Gasteiger partial charge in [-0.25, -0.2) is 0 Å². The van der Waals surface area contributed by atoms with Crippen LogP contribution in [0.5, 0.6) is 0 Å². The van der Waals surface area contributed by atoms with E-state index < -0.39 is 6.04 Å². The van der Waals surface area contributed by atoms with E-state index in [9.17, 15) is 4.79 Å². The van der Waals surface area contributed by atoms with Gasteiger partial charge in [0.2, 0.25) is 0 Å². The molecule has 0 aliphatic carbocycles. The van der Waals surface area contributed by atoms with Crippen LogP contribution in [0.25, 0.3) is 0 Å². The van der Waals surface area contributed by atoms with Crippen molar-refractivity contribution < 1.29 is 0 Å². The van der Waals surface area contributed by atoms with E-state index in [4.69, 9.17) is 11.0 Å². The van der Waals surface area contributed by atoms with Gasteiger partial charge in [0.15, 0.2) is 0 Å². The van der Waals surface area contributed by atoms with Crippen LogP contribution in [0, 0.1) is 11.3 Å². The molecule has 0 unspecified atom stereocenters. The number of aromatic amines is 1. The zero-order valence-electron chi connectivity index (χ0n) is 6.45. The molecule has 4 heteroatoms. The summed E-state index contributed by atoms with van der Waals surface area (Å²) in [6, 6.07) is 4.74. The van der Waals surface area contributed by atoms with E-state index in [1.807, 2.05) is 6.07 Å². The highest BCUT2D eigenvalue weighted by molar-refractivity contribution is 5.14. The zero-order valence-corrected chi connectivity index (χ0v) is 6.45. The molecule has 1 atom stereocenters. The molecule has 0 aromatic carbocycles. The fourth-order valence-electron chi connectivity index (χ4n) is 0.935. The molecule has 0 bridgehead atoms. The summed E-state index contributed by atoms with van der Waals surface area (Å²) in [5.74, 6) is 0. The van der Waals surface area contributed by atoms with Gasteiger partial charge in [-0.2, -0.15) is 5.26 Å². The summed E-state index contributed by atoms with van der Waals surface area (Å²) in [5, 5.41) is 8.35. The van der Waals surface area contributed by atoms with Gasteiger partial charge in [0.05, 0.1) is 12.5 Å². The quantitative estimate of drug-likeness (QED) is 0.657. The lowest BCUT2D eigenvalue weighted by molar-refractivity contribution is 0.735. The highest BCUT2D eigenvalue weighted by Gasteiger charge is 2.07. The minimum atomic E-state index is -0.486. The molecule has 1 heterocycles. The zero-order chi connectivity index (χ0) is 8.97. The monoisotopic (exact) mass is 163 g/mol. The molecule has 0 saturated carbocycles. The number of hydrogen-bond acceptors (Lipinski definition) is 3. The maximum Gasteiger partial charge on any atom is 0.252 e. The second-order valence-corrected chi connectivity index (χ2v) is 2.42. The molecule has 0 aliphatic heterocycles. The molecule has 0 fully saturated rings. The first-order chi connectivity index (χ1) is 5.75. The summed E-state index contributed by atoms with van der Waals surface area (Å²) >= 11 is 0. The van der Waals surface area contributed by atoms with Crippen molar-refractivity contribution >= 4 is 0 Å². The van der Waals surface area contributed by atoms with Crippen LogP contribution in [0.15, 0.2) is 23.1 Å². The lowest BCUT2D eigenvalue weighted by atomic mass is 10.1. The molecule has 0 aliphatic rings. The summed E-state index contributed by atoms with van der Waals surface area (Å²) in [4.78, 5) is 13.6. The van der Waals surface area contributed by atoms with Crippen molar-refractivity contribution in [2.75, 3.05) is 0 Å². The highest BCUT2D eigenvalue weighted by Crippen LogP contribution is 2.06. The van der Waals surface area contributed by atoms with Gasteiger partial charge >= 0.3 is 0 Å². The van der Waals surface area contributed by atoms with Crippen molar-refractivity contribution in [3.05, 3.63) is 34.2 Å². The van der Waals surface area contributed by atoms with Crippen LogP contribution >= 0.6 is 0 Å². The fraction of sp³-hybridized carbons (Fsp3) is 0.250. The van der Waals surface area contributed by atoms with Gasteiger partial charge in [-0.15, -0.1) is 0 Å². The lowest BCUT2D eigenvalue weighted by Crippen LogP contribution is -2.20. The van der Waals surface area contributed by atoms with Crippen LogP contribution < -0.4 is 11.3 Å². The summed E-state index contributed by atoms with van der Waals surface area (Å²) in [6.45, 7) is 0. The molecule has 4 nitrogen and oxygen atoms in total. The number of nitrogens with two attached hydrogens (primary N) is 1. The van der Waals surface area contributed by atoms with E-state index in [1.165, 1.54) is 6.20 Å². The van der Waals surface area contributed by atoms with E-state index in [1.54, 1.807) is 12.1 Å². The number of rotatable bonds is 2. The first-order valence-corrected chi connectivity index (χ1v) is 3.56. The van der Waals surface area contributed by atoms with E-state index in [0.29, 0.717) is 5.56 Å². The molecule has 1 rings (SSSR count). The van der Waals surface area contributed by atoms with Crippen molar-refractivity contribution in [2.24, 2.45) is 5.73 Å². The van der Waals surface area contributed by atoms with E-state index in [-0.39, 0.29) is 12.0 Å². The normalized spacial score (nSPS) is 12.0. The second-order valence-electron chi connectivity index (χ2n) is 2.42. The Balaban J connectivity index is 2.97. The van der Waals surface area contributed by atoms with Gasteiger partial charge in [0.1, 0.15) is 0 Å². The van der Waals surface area contributed by atoms with Crippen molar-refractivity contribution in [1.29, 1.82) is 5.26 Å². The Morgan fingerprint density at radius 2 is 2.50 bits per heavy atom. The summed E-state index contributed by atoms with van der Waals surface area (Å²) in [7, 11) is 0. The molecule has 0 amide bonds. The first-order valence-electron chi connectivity index (χ1n) is 3.56. The van der Waals surface area contributed by atoms with Crippen LogP contribution in [-0.4, -0.2) is 4.98 Å². The maximum atomic E-state index is 11.1. The number of hydrogen-bond donors (Lipinski definition) is 2. The van der Waals surface area contributed by atoms with Crippen molar-refractivity contribution in [2.45, 2.75) is 12.5 Å². The third kappa shape index (κ3) is 1.71. The smallest absolute Gasteiger partial charge is 0.252 e. The lowest BCUT2D eigenvalue weighted by Gasteiger charge is -2.04. The van der Waals surface area contributed by atoms with Gasteiger partial charge in [-0.3, -0.25) is 4.79 Å². The minimum absolute atomic E-state index is 0.160. The Kier molecular flexibility index (Phi) is 2.62. The average molecular weight is 163 g/mol. The van der Waals surface area contributed by atoms with Gasteiger partial charge in [-0.1, -0.05) is 6.07 Å². The SMILES string of the molecule is N#CC[C@@H](N)c1ccc[nH]c1=O. The Morgan fingerprint density at radius 3 is 3.08 bits per heavy atom. The van der Waals surface area contributed by atoms with Gasteiger partial charge < -0.3 is 10.7 Å². The summed E-state index contributed by atoms with van der Waals surface area (Å²) in [6.07, 6.45) is 1.69. The van der Waals surface area contributed by atoms with Crippen LogP contribution in [0.1, 0.15) is 18.0 Å². The Hall–Kier alpha value is -1.60. The minimum Gasteiger partial charge on any atom is -0.329 e. The number of nitrogens with zero attached hydrogens (tertiary/aromatic N) is 1. The Bertz CT molecular complexity index is 350. The van der Waals surface area contributed by atoms with Crippen LogP contribution in [0.3, 0.4) is 0 Å². The van der Waals surface area contributed by atoms with Crippen LogP contribution in [0.2, 0.25) is 0 Å². The van der Waals surface area contributed by atoms with E-state index in [0.717, 1.165) is 0 Å². The topological polar surface area (TPSA) is 82.7 Å². The van der Waals surface area contributed by atoms with Gasteiger partial charge in [0.25, 0.3) is 5.56 Å². The average Bonchev–Trinajstić information content (AvgIpc) is 2.05. The second kappa shape index (κ2) is 3.69. The standard InChI is InChI=1S/C8H9N3O/c9-4-3-7(10)6-2-1-5-11-8(6)12/h1-2,5,7H,3,10H2,(H,11,12)/t7-/m1/s1. The van der Waals surface area contributed by atoms with E-state index >= 15 is 0 Å². The molecule has 12 heavy (non-hydrogen) atoms. The molecular weight excluding hydrogens is 154 g/mol. The fourth-order valence-corrected chi connectivity index (χ4v) is 0.935. The summed E-state index contributed by atoms with van der Waals surface area (Å²) in [5.41, 5.74) is 5.80. The molecule has 0 radical (unpaired) electrons. The van der Waals surface area contributed by atoms with Crippen LogP contribution in [-0.2, 0) is 0 Å². The number of nitrogens with one attached hydrogen (secondary N) is 1. The third-order valence-corrected chi connectivity index (χ3v) is 1.56. The maximum absolute atomic E-state index is 11.1. The van der Waals surface area contributed by atoms with Gasteiger partial charge in [0, 0.05) is 17.8 Å². The predicted molar refractivity (Wildman–Crippen MR) is 44.2 cm³/mol. The molecular formula is C8H9N3O. The summed E-state index contributed by atoms with van der Waals surface area (Å²) < 4.78 is 0. The predicted octanol–water partition coefficient (Wildman–Crippen LogP) is 0.288. The van der Waals surface area contributed by atoms with Crippen molar-refractivity contribution in [3.63, 3.8) is 0 Å².